The van der Waals surface area contributed by atoms with Gasteiger partial charge in [-0.3, -0.25) is 0 Å². The van der Waals surface area contributed by atoms with Crippen LogP contribution in [0.15, 0.2) is 47.5 Å². The Morgan fingerprint density at radius 2 is 1.96 bits per heavy atom. The molecule has 0 bridgehead atoms. The minimum atomic E-state index is -3.20. The number of nitrogens with one attached hydrogen (secondary N) is 2. The highest BCUT2D eigenvalue weighted by Gasteiger charge is 2.14. The third-order valence-electron chi connectivity index (χ3n) is 3.65. The largest absolute Gasteiger partial charge is 0.493 e. The average Bonchev–Trinajstić information content (AvgIpc) is 2.59. The number of hydrogen-bond acceptors (Lipinski definition) is 5. The summed E-state index contributed by atoms with van der Waals surface area (Å²) in [7, 11) is -1.64. The standard InChI is InChI=1S/C17H21N3O3S2/c1-4-14(12-7-9-13(10-8-12)25(3,21)22)19-17(24)20-16-15(23-2)6-5-11-18-16/h5-11,14H,4H2,1-3H3,(H2,18,19,20,24)/t14-/m1/s1. The normalized spacial score (nSPS) is 12.3. The molecule has 2 rings (SSSR count). The summed E-state index contributed by atoms with van der Waals surface area (Å²) in [6.07, 6.45) is 3.62. The second-order valence-electron chi connectivity index (χ2n) is 5.45. The first-order valence-corrected chi connectivity index (χ1v) is 10.0. The van der Waals surface area contributed by atoms with Crippen molar-refractivity contribution in [2.75, 3.05) is 18.7 Å². The molecule has 0 aliphatic carbocycles. The number of sulfone groups is 1. The minimum absolute atomic E-state index is 0.0525. The second kappa shape index (κ2) is 8.26. The molecule has 0 unspecified atom stereocenters. The quantitative estimate of drug-likeness (QED) is 0.747. The zero-order valence-corrected chi connectivity index (χ0v) is 15.9. The van der Waals surface area contributed by atoms with Crippen molar-refractivity contribution in [1.82, 2.24) is 10.3 Å². The summed E-state index contributed by atoms with van der Waals surface area (Å²) >= 11 is 5.36. The van der Waals surface area contributed by atoms with Crippen molar-refractivity contribution in [2.24, 2.45) is 0 Å². The van der Waals surface area contributed by atoms with Gasteiger partial charge in [0.1, 0.15) is 0 Å². The molecule has 0 spiro atoms. The van der Waals surface area contributed by atoms with E-state index in [2.05, 4.69) is 15.6 Å². The summed E-state index contributed by atoms with van der Waals surface area (Å²) in [5, 5.41) is 6.65. The molecule has 8 heteroatoms. The Kier molecular flexibility index (Phi) is 6.33. The van der Waals surface area contributed by atoms with Gasteiger partial charge in [-0.25, -0.2) is 13.4 Å². The molecule has 0 aliphatic heterocycles. The zero-order valence-electron chi connectivity index (χ0n) is 14.3. The molecule has 0 saturated heterocycles. The van der Waals surface area contributed by atoms with Gasteiger partial charge < -0.3 is 15.4 Å². The first kappa shape index (κ1) is 19.1. The van der Waals surface area contributed by atoms with E-state index in [-0.39, 0.29) is 6.04 Å². The third kappa shape index (κ3) is 5.14. The highest BCUT2D eigenvalue weighted by molar-refractivity contribution is 7.90. The number of ether oxygens (including phenoxy) is 1. The van der Waals surface area contributed by atoms with Crippen molar-refractivity contribution in [1.29, 1.82) is 0 Å². The first-order chi connectivity index (χ1) is 11.8. The molecule has 0 saturated carbocycles. The Morgan fingerprint density at radius 1 is 1.28 bits per heavy atom. The van der Waals surface area contributed by atoms with Gasteiger partial charge in [-0.2, -0.15) is 0 Å². The Bertz CT molecular complexity index is 836. The van der Waals surface area contributed by atoms with Crippen molar-refractivity contribution in [3.05, 3.63) is 48.2 Å². The number of benzene rings is 1. The Balaban J connectivity index is 2.09. The van der Waals surface area contributed by atoms with Crippen molar-refractivity contribution < 1.29 is 13.2 Å². The highest BCUT2D eigenvalue weighted by atomic mass is 32.2. The summed E-state index contributed by atoms with van der Waals surface area (Å²) < 4.78 is 28.4. The summed E-state index contributed by atoms with van der Waals surface area (Å²) in [4.78, 5) is 4.50. The van der Waals surface area contributed by atoms with E-state index in [9.17, 15) is 8.42 Å². The van der Waals surface area contributed by atoms with Crippen LogP contribution in [-0.2, 0) is 9.84 Å². The van der Waals surface area contributed by atoms with E-state index in [1.807, 2.05) is 6.92 Å². The van der Waals surface area contributed by atoms with Gasteiger partial charge in [0.15, 0.2) is 26.5 Å². The average molecular weight is 380 g/mol. The van der Waals surface area contributed by atoms with E-state index < -0.39 is 9.84 Å². The number of rotatable bonds is 6. The predicted octanol–water partition coefficient (Wildman–Crippen LogP) is 2.93. The molecule has 0 fully saturated rings. The summed E-state index contributed by atoms with van der Waals surface area (Å²) in [6, 6.07) is 10.3. The van der Waals surface area contributed by atoms with Crippen LogP contribution in [0, 0.1) is 0 Å². The first-order valence-electron chi connectivity index (χ1n) is 7.71. The van der Waals surface area contributed by atoms with Crippen LogP contribution < -0.4 is 15.4 Å². The van der Waals surface area contributed by atoms with Gasteiger partial charge in [0.25, 0.3) is 0 Å². The maximum Gasteiger partial charge on any atom is 0.175 e. The number of nitrogens with zero attached hydrogens (tertiary/aromatic N) is 1. The summed E-state index contributed by atoms with van der Waals surface area (Å²) in [5.41, 5.74) is 0.951. The van der Waals surface area contributed by atoms with Crippen LogP contribution in [0.3, 0.4) is 0 Å². The lowest BCUT2D eigenvalue weighted by atomic mass is 10.1. The maximum atomic E-state index is 11.6. The molecule has 134 valence electrons. The molecule has 2 aromatic rings. The van der Waals surface area contributed by atoms with Gasteiger partial charge in [-0.1, -0.05) is 19.1 Å². The fourth-order valence-corrected chi connectivity index (χ4v) is 3.19. The lowest BCUT2D eigenvalue weighted by Gasteiger charge is -2.20. The van der Waals surface area contributed by atoms with Gasteiger partial charge in [0.2, 0.25) is 0 Å². The number of methoxy groups -OCH3 is 1. The smallest absolute Gasteiger partial charge is 0.175 e. The Labute approximate surface area is 153 Å². The molecule has 0 amide bonds. The summed E-state index contributed by atoms with van der Waals surface area (Å²) in [5.74, 6) is 1.13. The zero-order chi connectivity index (χ0) is 18.4. The van der Waals surface area contributed by atoms with Crippen LogP contribution in [0.1, 0.15) is 24.9 Å². The van der Waals surface area contributed by atoms with Crippen molar-refractivity contribution in [3.8, 4) is 5.75 Å². The van der Waals surface area contributed by atoms with Gasteiger partial charge in [-0.15, -0.1) is 0 Å². The number of aromatic nitrogens is 1. The molecule has 0 radical (unpaired) electrons. The molecule has 1 aromatic carbocycles. The number of hydrogen-bond donors (Lipinski definition) is 2. The predicted molar refractivity (Wildman–Crippen MR) is 103 cm³/mol. The molecular formula is C17H21N3O3S2. The van der Waals surface area contributed by atoms with Gasteiger partial charge in [0, 0.05) is 12.5 Å². The van der Waals surface area contributed by atoms with Gasteiger partial charge in [0.05, 0.1) is 18.0 Å². The van der Waals surface area contributed by atoms with Crippen LogP contribution in [-0.4, -0.2) is 31.9 Å². The van der Waals surface area contributed by atoms with E-state index in [4.69, 9.17) is 17.0 Å². The fraction of sp³-hybridized carbons (Fsp3) is 0.294. The second-order valence-corrected chi connectivity index (χ2v) is 7.88. The van der Waals surface area contributed by atoms with Crippen LogP contribution in [0.2, 0.25) is 0 Å². The molecule has 25 heavy (non-hydrogen) atoms. The van der Waals surface area contributed by atoms with Crippen LogP contribution >= 0.6 is 12.2 Å². The van der Waals surface area contributed by atoms with E-state index in [0.717, 1.165) is 12.0 Å². The molecule has 1 atom stereocenters. The van der Waals surface area contributed by atoms with Gasteiger partial charge in [-0.05, 0) is 48.5 Å². The van der Waals surface area contributed by atoms with Crippen molar-refractivity contribution >= 4 is 33.0 Å². The Morgan fingerprint density at radius 3 is 2.52 bits per heavy atom. The van der Waals surface area contributed by atoms with E-state index in [0.29, 0.717) is 21.6 Å². The lowest BCUT2D eigenvalue weighted by Crippen LogP contribution is -2.32. The maximum absolute atomic E-state index is 11.6. The fourth-order valence-electron chi connectivity index (χ4n) is 2.32. The monoisotopic (exact) mass is 379 g/mol. The van der Waals surface area contributed by atoms with Crippen molar-refractivity contribution in [3.63, 3.8) is 0 Å². The molecule has 6 nitrogen and oxygen atoms in total. The molecule has 0 aliphatic rings. The lowest BCUT2D eigenvalue weighted by molar-refractivity contribution is 0.415. The molecular weight excluding hydrogens is 358 g/mol. The van der Waals surface area contributed by atoms with Crippen molar-refractivity contribution in [2.45, 2.75) is 24.3 Å². The van der Waals surface area contributed by atoms with Gasteiger partial charge >= 0.3 is 0 Å². The van der Waals surface area contributed by atoms with E-state index in [1.165, 1.54) is 6.26 Å². The SMILES string of the molecule is CC[C@@H](NC(=S)Nc1ncccc1OC)c1ccc(S(C)(=O)=O)cc1. The molecule has 2 N–H and O–H groups in total. The Hall–Kier alpha value is -2.19. The van der Waals surface area contributed by atoms with Crippen LogP contribution in [0.5, 0.6) is 5.75 Å². The molecule has 1 aromatic heterocycles. The molecule has 1 heterocycles. The van der Waals surface area contributed by atoms with Crippen LogP contribution in [0.4, 0.5) is 5.82 Å². The number of pyridine rings is 1. The van der Waals surface area contributed by atoms with E-state index >= 15 is 0 Å². The highest BCUT2D eigenvalue weighted by Crippen LogP contribution is 2.22. The van der Waals surface area contributed by atoms with Crippen LogP contribution in [0.25, 0.3) is 0 Å². The summed E-state index contributed by atoms with van der Waals surface area (Å²) in [6.45, 7) is 2.02. The third-order valence-corrected chi connectivity index (χ3v) is 5.00. The number of anilines is 1. The minimum Gasteiger partial charge on any atom is -0.493 e. The number of thiocarbonyl (C=S) groups is 1. The topological polar surface area (TPSA) is 80.3 Å². The van der Waals surface area contributed by atoms with E-state index in [1.54, 1.807) is 49.7 Å².